The zero-order valence-electron chi connectivity index (χ0n) is 12.7. The van der Waals surface area contributed by atoms with E-state index >= 15 is 0 Å². The first-order valence-corrected chi connectivity index (χ1v) is 8.06. The highest BCUT2D eigenvalue weighted by atomic mass is 32.1. The Balaban J connectivity index is 1.75. The first-order chi connectivity index (χ1) is 11.9. The van der Waals surface area contributed by atoms with Crippen molar-refractivity contribution < 1.29 is 22.3 Å². The molecule has 25 heavy (non-hydrogen) atoms. The second-order valence-electron chi connectivity index (χ2n) is 5.07. The summed E-state index contributed by atoms with van der Waals surface area (Å²) < 4.78 is 55.1. The number of aromatic nitrogens is 1. The molecule has 3 rings (SSSR count). The smallest absolute Gasteiger partial charge is 0.422 e. The molecule has 0 aliphatic carbocycles. The van der Waals surface area contributed by atoms with Crippen molar-refractivity contribution in [3.05, 3.63) is 59.7 Å². The Labute approximate surface area is 144 Å². The number of hydrogen-bond donors (Lipinski definition) is 1. The van der Waals surface area contributed by atoms with E-state index in [1.807, 2.05) is 0 Å². The molecule has 0 spiro atoms. The minimum absolute atomic E-state index is 0.103. The minimum Gasteiger partial charge on any atom is -0.484 e. The molecule has 0 unspecified atom stereocenters. The quantitative estimate of drug-likeness (QED) is 0.592. The molecule has 0 radical (unpaired) electrons. The third kappa shape index (κ3) is 4.69. The van der Waals surface area contributed by atoms with Gasteiger partial charge in [0.2, 0.25) is 0 Å². The Hall–Kier alpha value is -2.61. The predicted molar refractivity (Wildman–Crippen MR) is 88.8 cm³/mol. The van der Waals surface area contributed by atoms with Gasteiger partial charge in [-0.05, 0) is 24.3 Å². The van der Waals surface area contributed by atoms with Crippen molar-refractivity contribution in [3.63, 3.8) is 0 Å². The average Bonchev–Trinajstić information content (AvgIpc) is 3.03. The fraction of sp³-hybridized carbons (Fsp3) is 0.118. The van der Waals surface area contributed by atoms with E-state index in [0.717, 1.165) is 0 Å². The fourth-order valence-corrected chi connectivity index (χ4v) is 2.78. The number of hydrogen-bond acceptors (Lipinski definition) is 4. The second-order valence-corrected chi connectivity index (χ2v) is 5.93. The molecule has 0 atom stereocenters. The van der Waals surface area contributed by atoms with Gasteiger partial charge in [-0.25, -0.2) is 9.37 Å². The van der Waals surface area contributed by atoms with Gasteiger partial charge in [0.15, 0.2) is 11.7 Å². The lowest BCUT2D eigenvalue weighted by molar-refractivity contribution is -0.153. The molecule has 0 saturated heterocycles. The molecular weight excluding hydrogens is 356 g/mol. The molecule has 0 aliphatic rings. The molecular formula is C17H12F4N2OS. The Bertz CT molecular complexity index is 864. The molecule has 0 saturated carbocycles. The standard InChI is InChI=1S/C17H12F4N2OS/c18-13-6-1-2-7-14(13)22-16-23-15(9-25-16)11-4-3-5-12(8-11)24-10-17(19,20)21/h1-9H,10H2,(H,22,23). The van der Waals surface area contributed by atoms with E-state index in [9.17, 15) is 17.6 Å². The Kier molecular flexibility index (Phi) is 4.89. The highest BCUT2D eigenvalue weighted by Gasteiger charge is 2.28. The third-order valence-corrected chi connectivity index (χ3v) is 3.91. The van der Waals surface area contributed by atoms with Crippen LogP contribution in [0.5, 0.6) is 5.75 Å². The third-order valence-electron chi connectivity index (χ3n) is 3.15. The van der Waals surface area contributed by atoms with Gasteiger partial charge in [0.1, 0.15) is 11.6 Å². The van der Waals surface area contributed by atoms with Gasteiger partial charge in [-0.2, -0.15) is 13.2 Å². The molecule has 0 amide bonds. The number of nitrogens with zero attached hydrogens (tertiary/aromatic N) is 1. The van der Waals surface area contributed by atoms with Crippen LogP contribution in [0.3, 0.4) is 0 Å². The summed E-state index contributed by atoms with van der Waals surface area (Å²) >= 11 is 1.26. The first kappa shape index (κ1) is 17.2. The summed E-state index contributed by atoms with van der Waals surface area (Å²) in [6.07, 6.45) is -4.40. The van der Waals surface area contributed by atoms with Crippen molar-refractivity contribution in [2.75, 3.05) is 11.9 Å². The molecule has 0 aliphatic heterocycles. The summed E-state index contributed by atoms with van der Waals surface area (Å²) in [6, 6.07) is 12.4. The van der Waals surface area contributed by atoms with Gasteiger partial charge in [-0.15, -0.1) is 11.3 Å². The van der Waals surface area contributed by atoms with E-state index in [1.165, 1.54) is 29.5 Å². The van der Waals surface area contributed by atoms with E-state index < -0.39 is 18.6 Å². The number of alkyl halides is 3. The zero-order chi connectivity index (χ0) is 17.9. The summed E-state index contributed by atoms with van der Waals surface area (Å²) in [5, 5.41) is 5.08. The number of benzene rings is 2. The van der Waals surface area contributed by atoms with Gasteiger partial charge < -0.3 is 10.1 Å². The Morgan fingerprint density at radius 3 is 2.64 bits per heavy atom. The van der Waals surface area contributed by atoms with E-state index in [-0.39, 0.29) is 5.75 Å². The molecule has 2 aromatic carbocycles. The minimum atomic E-state index is -4.40. The highest BCUT2D eigenvalue weighted by Crippen LogP contribution is 2.30. The van der Waals surface area contributed by atoms with Crippen LogP contribution in [0.2, 0.25) is 0 Å². The Morgan fingerprint density at radius 2 is 1.88 bits per heavy atom. The van der Waals surface area contributed by atoms with Crippen molar-refractivity contribution >= 4 is 22.2 Å². The van der Waals surface area contributed by atoms with Gasteiger partial charge in [-0.3, -0.25) is 0 Å². The van der Waals surface area contributed by atoms with Crippen molar-refractivity contribution in [3.8, 4) is 17.0 Å². The maximum absolute atomic E-state index is 13.6. The summed E-state index contributed by atoms with van der Waals surface area (Å²) in [5.74, 6) is -0.298. The summed E-state index contributed by atoms with van der Waals surface area (Å²) in [4.78, 5) is 4.33. The summed E-state index contributed by atoms with van der Waals surface area (Å²) in [5.41, 5.74) is 1.46. The average molecular weight is 368 g/mol. The monoisotopic (exact) mass is 368 g/mol. The largest absolute Gasteiger partial charge is 0.484 e. The van der Waals surface area contributed by atoms with E-state index in [4.69, 9.17) is 4.74 Å². The lowest BCUT2D eigenvalue weighted by Gasteiger charge is -2.09. The predicted octanol–water partition coefficient (Wildman–Crippen LogP) is 5.63. The van der Waals surface area contributed by atoms with Crippen molar-refractivity contribution in [1.82, 2.24) is 4.98 Å². The normalized spacial score (nSPS) is 11.4. The van der Waals surface area contributed by atoms with Gasteiger partial charge in [0.05, 0.1) is 11.4 Å². The van der Waals surface area contributed by atoms with Gasteiger partial charge in [-0.1, -0.05) is 24.3 Å². The first-order valence-electron chi connectivity index (χ1n) is 7.18. The molecule has 130 valence electrons. The van der Waals surface area contributed by atoms with Crippen LogP contribution >= 0.6 is 11.3 Å². The number of nitrogens with one attached hydrogen (secondary N) is 1. The number of thiazole rings is 1. The topological polar surface area (TPSA) is 34.2 Å². The highest BCUT2D eigenvalue weighted by molar-refractivity contribution is 7.14. The summed E-state index contributed by atoms with van der Waals surface area (Å²) in [7, 11) is 0. The van der Waals surface area contributed by atoms with Crippen LogP contribution in [0.15, 0.2) is 53.9 Å². The lowest BCUT2D eigenvalue weighted by atomic mass is 10.2. The van der Waals surface area contributed by atoms with Gasteiger partial charge in [0.25, 0.3) is 0 Å². The maximum atomic E-state index is 13.6. The molecule has 1 N–H and O–H groups in total. The van der Waals surface area contributed by atoms with Crippen LogP contribution in [-0.2, 0) is 0 Å². The van der Waals surface area contributed by atoms with Crippen molar-refractivity contribution in [1.29, 1.82) is 0 Å². The van der Waals surface area contributed by atoms with Crippen molar-refractivity contribution in [2.24, 2.45) is 0 Å². The molecule has 8 heteroatoms. The number of halogens is 4. The van der Waals surface area contributed by atoms with Crippen LogP contribution < -0.4 is 10.1 Å². The van der Waals surface area contributed by atoms with E-state index in [0.29, 0.717) is 22.1 Å². The maximum Gasteiger partial charge on any atom is 0.422 e. The molecule has 0 fully saturated rings. The molecule has 3 nitrogen and oxygen atoms in total. The lowest BCUT2D eigenvalue weighted by Crippen LogP contribution is -2.19. The number of para-hydroxylation sites is 1. The van der Waals surface area contributed by atoms with Crippen LogP contribution in [0, 0.1) is 5.82 Å². The van der Waals surface area contributed by atoms with Gasteiger partial charge >= 0.3 is 6.18 Å². The number of ether oxygens (including phenoxy) is 1. The summed E-state index contributed by atoms with van der Waals surface area (Å²) in [6.45, 7) is -1.35. The Morgan fingerprint density at radius 1 is 1.08 bits per heavy atom. The van der Waals surface area contributed by atoms with Crippen LogP contribution in [0.25, 0.3) is 11.3 Å². The molecule has 3 aromatic rings. The fourth-order valence-electron chi connectivity index (χ4n) is 2.05. The number of anilines is 2. The van der Waals surface area contributed by atoms with E-state index in [1.54, 1.807) is 35.7 Å². The van der Waals surface area contributed by atoms with Crippen molar-refractivity contribution in [2.45, 2.75) is 6.18 Å². The molecule has 0 bridgehead atoms. The van der Waals surface area contributed by atoms with E-state index in [2.05, 4.69) is 10.3 Å². The van der Waals surface area contributed by atoms with Crippen LogP contribution in [0.4, 0.5) is 28.4 Å². The van der Waals surface area contributed by atoms with Crippen LogP contribution in [0.1, 0.15) is 0 Å². The molecule has 1 heterocycles. The van der Waals surface area contributed by atoms with Gasteiger partial charge in [0, 0.05) is 10.9 Å². The molecule has 1 aromatic heterocycles. The zero-order valence-corrected chi connectivity index (χ0v) is 13.5. The van der Waals surface area contributed by atoms with Crippen LogP contribution in [-0.4, -0.2) is 17.8 Å². The number of rotatable bonds is 5. The SMILES string of the molecule is Fc1ccccc1Nc1nc(-c2cccc(OCC(F)(F)F)c2)cs1. The second kappa shape index (κ2) is 7.10.